The van der Waals surface area contributed by atoms with Crippen LogP contribution in [-0.4, -0.2) is 22.3 Å². The van der Waals surface area contributed by atoms with Gasteiger partial charge in [-0.3, -0.25) is 0 Å². The van der Waals surface area contributed by atoms with Crippen molar-refractivity contribution in [1.82, 2.24) is 0 Å². The predicted octanol–water partition coefficient (Wildman–Crippen LogP) is -0.299. The molecule has 0 fully saturated rings. The van der Waals surface area contributed by atoms with Crippen LogP contribution in [0.15, 0.2) is 0 Å². The Kier molecular flexibility index (Phi) is 2.75. The summed E-state index contributed by atoms with van der Waals surface area (Å²) in [5.74, 6) is 0.215. The smallest absolute Gasteiger partial charge is 0.333 e. The molecule has 50 valence electrons. The quantitative estimate of drug-likeness (QED) is 0.502. The van der Waals surface area contributed by atoms with Gasteiger partial charge in [0.25, 0.3) is 0 Å². The van der Waals surface area contributed by atoms with Crippen LogP contribution in [0.25, 0.3) is 0 Å². The molecule has 0 aromatic carbocycles. The first-order chi connectivity index (χ1) is 4.09. The van der Waals surface area contributed by atoms with Gasteiger partial charge in [0.1, 0.15) is 0 Å². The molecule has 0 heterocycles. The minimum atomic E-state index is -1.44. The van der Waals surface area contributed by atoms with Crippen LogP contribution in [0.3, 0.4) is 0 Å². The van der Waals surface area contributed by atoms with E-state index in [-0.39, 0.29) is 0 Å². The number of hydrogen-bond acceptors (Lipinski definition) is 2. The topological polar surface area (TPSA) is 57.5 Å². The van der Waals surface area contributed by atoms with E-state index in [0.29, 0.717) is 0 Å². The number of aliphatic hydroxyl groups is 1. The van der Waals surface area contributed by atoms with Crippen LogP contribution in [0.5, 0.6) is 0 Å². The fraction of sp³-hybridized carbons (Fsp3) is 0.500. The number of terminal acetylenes is 1. The number of aliphatic hydroxyl groups excluding tert-OH is 1. The molecular formula is C6H8O3. The lowest BCUT2D eigenvalue weighted by Gasteiger charge is -2.06. The Bertz CT molecular complexity index is 145. The Morgan fingerprint density at radius 3 is 2.33 bits per heavy atom. The van der Waals surface area contributed by atoms with Crippen LogP contribution in [-0.2, 0) is 4.79 Å². The summed E-state index contributed by atoms with van der Waals surface area (Å²) < 4.78 is 0. The lowest BCUT2D eigenvalue weighted by atomic mass is 10.1. The summed E-state index contributed by atoms with van der Waals surface area (Å²) in [6.45, 7) is 1.47. The first-order valence-electron chi connectivity index (χ1n) is 2.46. The highest BCUT2D eigenvalue weighted by atomic mass is 16.4. The zero-order chi connectivity index (χ0) is 7.44. The molecule has 0 aromatic rings. The van der Waals surface area contributed by atoms with Gasteiger partial charge < -0.3 is 10.2 Å². The van der Waals surface area contributed by atoms with Crippen molar-refractivity contribution in [2.75, 3.05) is 0 Å². The summed E-state index contributed by atoms with van der Waals surface area (Å²) in [6.07, 6.45) is 3.40. The Morgan fingerprint density at radius 2 is 2.22 bits per heavy atom. The summed E-state index contributed by atoms with van der Waals surface area (Å²) >= 11 is 0. The summed E-state index contributed by atoms with van der Waals surface area (Å²) in [7, 11) is 0. The second kappa shape index (κ2) is 3.10. The van der Waals surface area contributed by atoms with E-state index < -0.39 is 18.0 Å². The van der Waals surface area contributed by atoms with Gasteiger partial charge in [-0.05, 0) is 6.92 Å². The molecule has 0 aliphatic carbocycles. The van der Waals surface area contributed by atoms with Crippen molar-refractivity contribution >= 4 is 5.97 Å². The number of carboxylic acid groups (broad SMARTS) is 1. The van der Waals surface area contributed by atoms with Gasteiger partial charge in [-0.25, -0.2) is 4.79 Å². The van der Waals surface area contributed by atoms with E-state index in [1.54, 1.807) is 0 Å². The second-order valence-corrected chi connectivity index (χ2v) is 1.74. The van der Waals surface area contributed by atoms with Crippen molar-refractivity contribution in [3.63, 3.8) is 0 Å². The van der Waals surface area contributed by atoms with Crippen LogP contribution in [0.2, 0.25) is 0 Å². The van der Waals surface area contributed by atoms with Crippen molar-refractivity contribution in [2.24, 2.45) is 5.92 Å². The maximum atomic E-state index is 9.95. The molecule has 0 radical (unpaired) electrons. The molecule has 2 unspecified atom stereocenters. The molecule has 0 spiro atoms. The number of aliphatic carboxylic acids is 1. The molecule has 9 heavy (non-hydrogen) atoms. The van der Waals surface area contributed by atoms with Gasteiger partial charge in [-0.2, -0.15) is 0 Å². The van der Waals surface area contributed by atoms with Crippen molar-refractivity contribution in [3.05, 3.63) is 0 Å². The molecule has 0 aliphatic rings. The molecular weight excluding hydrogens is 120 g/mol. The summed E-state index contributed by atoms with van der Waals surface area (Å²) in [6, 6.07) is 0. The van der Waals surface area contributed by atoms with E-state index in [1.807, 2.05) is 0 Å². The Hall–Kier alpha value is -1.01. The first-order valence-corrected chi connectivity index (χ1v) is 2.46. The van der Waals surface area contributed by atoms with E-state index in [0.717, 1.165) is 0 Å². The first kappa shape index (κ1) is 7.99. The molecule has 2 N–H and O–H groups in total. The zero-order valence-corrected chi connectivity index (χ0v) is 5.03. The van der Waals surface area contributed by atoms with Crippen LogP contribution in [0.1, 0.15) is 6.92 Å². The van der Waals surface area contributed by atoms with Gasteiger partial charge in [0.2, 0.25) is 0 Å². The van der Waals surface area contributed by atoms with Crippen molar-refractivity contribution < 1.29 is 15.0 Å². The summed E-state index contributed by atoms with van der Waals surface area (Å²) in [5, 5.41) is 16.8. The Balaban J connectivity index is 3.91. The van der Waals surface area contributed by atoms with Gasteiger partial charge in [-0.15, -0.1) is 12.3 Å². The molecule has 0 saturated carbocycles. The van der Waals surface area contributed by atoms with Crippen molar-refractivity contribution in [2.45, 2.75) is 13.0 Å². The fourth-order valence-corrected chi connectivity index (χ4v) is 0.305. The molecule has 0 aliphatic heterocycles. The fourth-order valence-electron chi connectivity index (χ4n) is 0.305. The van der Waals surface area contributed by atoms with E-state index in [4.69, 9.17) is 16.6 Å². The number of carbonyl (C=O) groups is 1. The molecule has 3 nitrogen and oxygen atoms in total. The van der Waals surface area contributed by atoms with Crippen LogP contribution >= 0.6 is 0 Å². The van der Waals surface area contributed by atoms with Gasteiger partial charge in [0.05, 0.1) is 5.92 Å². The van der Waals surface area contributed by atoms with Gasteiger partial charge in [-0.1, -0.05) is 0 Å². The molecule has 2 atom stereocenters. The third-order valence-corrected chi connectivity index (χ3v) is 0.990. The SMILES string of the molecule is C#CC(C)C(O)C(=O)O. The summed E-state index contributed by atoms with van der Waals surface area (Å²) in [5.41, 5.74) is 0. The minimum Gasteiger partial charge on any atom is -0.479 e. The van der Waals surface area contributed by atoms with Crippen molar-refractivity contribution in [3.8, 4) is 12.3 Å². The van der Waals surface area contributed by atoms with E-state index >= 15 is 0 Å². The number of rotatable bonds is 2. The van der Waals surface area contributed by atoms with Crippen LogP contribution < -0.4 is 0 Å². The summed E-state index contributed by atoms with van der Waals surface area (Å²) in [4.78, 5) is 9.95. The number of carboxylic acids is 1. The molecule has 0 amide bonds. The Labute approximate surface area is 53.3 Å². The third-order valence-electron chi connectivity index (χ3n) is 0.990. The largest absolute Gasteiger partial charge is 0.479 e. The standard InChI is InChI=1S/C6H8O3/c1-3-4(2)5(7)6(8)9/h1,4-5,7H,2H3,(H,8,9). The number of hydrogen-bond donors (Lipinski definition) is 2. The van der Waals surface area contributed by atoms with Gasteiger partial charge in [0, 0.05) is 0 Å². The average Bonchev–Trinajstić information content (AvgIpc) is 1.84. The maximum absolute atomic E-state index is 9.95. The van der Waals surface area contributed by atoms with Crippen molar-refractivity contribution in [1.29, 1.82) is 0 Å². The highest BCUT2D eigenvalue weighted by Gasteiger charge is 2.18. The normalized spacial score (nSPS) is 15.7. The lowest BCUT2D eigenvalue weighted by molar-refractivity contribution is -0.148. The Morgan fingerprint density at radius 1 is 1.78 bits per heavy atom. The maximum Gasteiger partial charge on any atom is 0.333 e. The van der Waals surface area contributed by atoms with E-state index in [9.17, 15) is 4.79 Å². The zero-order valence-electron chi connectivity index (χ0n) is 5.03. The van der Waals surface area contributed by atoms with Crippen LogP contribution in [0, 0.1) is 18.3 Å². The lowest BCUT2D eigenvalue weighted by Crippen LogP contribution is -2.26. The third kappa shape index (κ3) is 2.15. The monoisotopic (exact) mass is 128 g/mol. The highest BCUT2D eigenvalue weighted by molar-refractivity contribution is 5.72. The molecule has 0 saturated heterocycles. The molecule has 3 heteroatoms. The van der Waals surface area contributed by atoms with Crippen LogP contribution in [0.4, 0.5) is 0 Å². The molecule has 0 bridgehead atoms. The van der Waals surface area contributed by atoms with E-state index in [1.165, 1.54) is 6.92 Å². The average molecular weight is 128 g/mol. The second-order valence-electron chi connectivity index (χ2n) is 1.74. The minimum absolute atomic E-state index is 0.623. The highest BCUT2D eigenvalue weighted by Crippen LogP contribution is 1.99. The molecule has 0 rings (SSSR count). The predicted molar refractivity (Wildman–Crippen MR) is 31.6 cm³/mol. The van der Waals surface area contributed by atoms with Gasteiger partial charge in [0.15, 0.2) is 6.10 Å². The van der Waals surface area contributed by atoms with E-state index in [2.05, 4.69) is 5.92 Å². The van der Waals surface area contributed by atoms with Gasteiger partial charge >= 0.3 is 5.97 Å². The molecule has 0 aromatic heterocycles.